The molecule has 0 radical (unpaired) electrons. The molecule has 0 N–H and O–H groups in total. The molecule has 2 saturated heterocycles. The molecule has 2 aliphatic rings. The summed E-state index contributed by atoms with van der Waals surface area (Å²) < 4.78 is 95.3. The molecule has 4 rings (SSSR count). The predicted octanol–water partition coefficient (Wildman–Crippen LogP) is 4.98. The number of sulfone groups is 1. The Bertz CT molecular complexity index is 1110. The molecule has 10 heteroatoms. The van der Waals surface area contributed by atoms with Crippen LogP contribution in [0.2, 0.25) is 0 Å². The van der Waals surface area contributed by atoms with Crippen molar-refractivity contribution in [1.29, 1.82) is 0 Å². The first-order chi connectivity index (χ1) is 16.0. The molecule has 4 nitrogen and oxygen atoms in total. The molecule has 0 bridgehead atoms. The molecule has 2 fully saturated rings. The normalized spacial score (nSPS) is 20.9. The van der Waals surface area contributed by atoms with E-state index in [1.54, 1.807) is 4.90 Å². The Kier molecular flexibility index (Phi) is 6.92. The van der Waals surface area contributed by atoms with Crippen molar-refractivity contribution in [1.82, 2.24) is 4.90 Å². The number of likely N-dealkylation sites (tertiary alicyclic amines) is 1. The Morgan fingerprint density at radius 1 is 0.824 bits per heavy atom. The molecule has 0 spiro atoms. The second-order valence-corrected chi connectivity index (χ2v) is 11.3. The zero-order valence-corrected chi connectivity index (χ0v) is 19.4. The third-order valence-electron chi connectivity index (χ3n) is 6.80. The Morgan fingerprint density at radius 2 is 1.44 bits per heavy atom. The van der Waals surface area contributed by atoms with Gasteiger partial charge in [-0.15, -0.1) is 0 Å². The number of rotatable bonds is 6. The van der Waals surface area contributed by atoms with Crippen LogP contribution >= 0.6 is 0 Å². The number of anilines is 1. The molecule has 0 amide bonds. The van der Waals surface area contributed by atoms with Crippen LogP contribution in [0, 0.1) is 11.6 Å². The summed E-state index contributed by atoms with van der Waals surface area (Å²) in [5.41, 5.74) is 0.980. The Labute approximate surface area is 196 Å². The standard InChI is InChI=1S/C24H27F5N2O2S/c25-19-2-1-18(22(26)17-19)7-12-30-13-10-24(29,11-14-30)34(32,33)21-5-3-20(4-6-21)31-15-8-23(27,28)9-16-31/h1-6,17H,7-16H2. The van der Waals surface area contributed by atoms with Gasteiger partial charge < -0.3 is 9.80 Å². The number of hydrogen-bond acceptors (Lipinski definition) is 4. The fraction of sp³-hybridized carbons (Fsp3) is 0.500. The fourth-order valence-electron chi connectivity index (χ4n) is 4.52. The van der Waals surface area contributed by atoms with Crippen LogP contribution in [0.5, 0.6) is 0 Å². The highest BCUT2D eigenvalue weighted by Gasteiger charge is 2.47. The Morgan fingerprint density at radius 3 is 2.03 bits per heavy atom. The molecule has 2 heterocycles. The zero-order chi connectivity index (χ0) is 24.6. The maximum absolute atomic E-state index is 15.6. The Balaban J connectivity index is 1.36. The average Bonchev–Trinajstić information content (AvgIpc) is 2.80. The Hall–Kier alpha value is -2.20. The zero-order valence-electron chi connectivity index (χ0n) is 18.6. The van der Waals surface area contributed by atoms with Crippen molar-refractivity contribution >= 4 is 15.5 Å². The molecular weight excluding hydrogens is 475 g/mol. The molecule has 0 aromatic heterocycles. The molecule has 2 aromatic rings. The minimum Gasteiger partial charge on any atom is -0.371 e. The van der Waals surface area contributed by atoms with Crippen molar-refractivity contribution in [3.8, 4) is 0 Å². The second kappa shape index (κ2) is 9.45. The van der Waals surface area contributed by atoms with E-state index in [-0.39, 0.29) is 56.8 Å². The van der Waals surface area contributed by atoms with Crippen LogP contribution in [0.3, 0.4) is 0 Å². The summed E-state index contributed by atoms with van der Waals surface area (Å²) in [5, 5.41) is -2.42. The summed E-state index contributed by atoms with van der Waals surface area (Å²) in [6, 6.07) is 9.11. The summed E-state index contributed by atoms with van der Waals surface area (Å²) in [6.45, 7) is 1.13. The van der Waals surface area contributed by atoms with Crippen molar-refractivity contribution in [2.45, 2.75) is 47.9 Å². The van der Waals surface area contributed by atoms with Crippen LogP contribution in [0.15, 0.2) is 47.4 Å². The maximum Gasteiger partial charge on any atom is 0.251 e. The number of piperidine rings is 2. The van der Waals surface area contributed by atoms with E-state index in [1.807, 2.05) is 4.90 Å². The topological polar surface area (TPSA) is 40.6 Å². The van der Waals surface area contributed by atoms with E-state index in [0.717, 1.165) is 6.07 Å². The second-order valence-electron chi connectivity index (χ2n) is 9.05. The predicted molar refractivity (Wildman–Crippen MR) is 120 cm³/mol. The van der Waals surface area contributed by atoms with Gasteiger partial charge in [0.15, 0.2) is 0 Å². The highest BCUT2D eigenvalue weighted by Crippen LogP contribution is 2.38. The van der Waals surface area contributed by atoms with Gasteiger partial charge in [0.2, 0.25) is 14.8 Å². The van der Waals surface area contributed by atoms with Crippen LogP contribution in [-0.4, -0.2) is 57.0 Å². The summed E-state index contributed by atoms with van der Waals surface area (Å²) in [7, 11) is -4.26. The summed E-state index contributed by atoms with van der Waals surface area (Å²) in [4.78, 5) is 3.50. The van der Waals surface area contributed by atoms with E-state index in [0.29, 0.717) is 24.2 Å². The van der Waals surface area contributed by atoms with Gasteiger partial charge in [0.25, 0.3) is 5.92 Å². The third kappa shape index (κ3) is 5.22. The molecule has 0 unspecified atom stereocenters. The van der Waals surface area contributed by atoms with Gasteiger partial charge >= 0.3 is 0 Å². The smallest absolute Gasteiger partial charge is 0.251 e. The number of halogens is 5. The first-order valence-electron chi connectivity index (χ1n) is 11.3. The number of alkyl halides is 3. The minimum atomic E-state index is -4.26. The van der Waals surface area contributed by atoms with Crippen molar-refractivity contribution in [3.05, 3.63) is 59.7 Å². The first-order valence-corrected chi connectivity index (χ1v) is 12.8. The average molecular weight is 503 g/mol. The number of nitrogens with zero attached hydrogens (tertiary/aromatic N) is 2. The lowest BCUT2D eigenvalue weighted by Gasteiger charge is -2.36. The number of hydrogen-bond donors (Lipinski definition) is 0. The molecule has 2 aromatic carbocycles. The van der Waals surface area contributed by atoms with E-state index in [1.165, 1.54) is 36.4 Å². The molecule has 0 saturated carbocycles. The van der Waals surface area contributed by atoms with Crippen molar-refractivity contribution < 1.29 is 30.4 Å². The van der Waals surface area contributed by atoms with Gasteiger partial charge in [-0.2, -0.15) is 0 Å². The monoisotopic (exact) mass is 502 g/mol. The molecular formula is C24H27F5N2O2S. The van der Waals surface area contributed by atoms with Gasteiger partial charge in [0.1, 0.15) is 11.6 Å². The van der Waals surface area contributed by atoms with Gasteiger partial charge in [-0.05, 0) is 42.3 Å². The minimum absolute atomic E-state index is 0.136. The quantitative estimate of drug-likeness (QED) is 0.523. The van der Waals surface area contributed by atoms with Gasteiger partial charge in [0.05, 0.1) is 4.90 Å². The summed E-state index contributed by atoms with van der Waals surface area (Å²) >= 11 is 0. The lowest BCUT2D eigenvalue weighted by atomic mass is 10.1. The maximum atomic E-state index is 15.6. The van der Waals surface area contributed by atoms with Crippen LogP contribution in [0.25, 0.3) is 0 Å². The SMILES string of the molecule is O=S(=O)(c1ccc(N2CCC(F)(F)CC2)cc1)C1(F)CCN(CCc2ccc(F)cc2F)CC1. The van der Waals surface area contributed by atoms with E-state index < -0.39 is 32.4 Å². The van der Waals surface area contributed by atoms with Crippen LogP contribution in [0.1, 0.15) is 31.2 Å². The van der Waals surface area contributed by atoms with Gasteiger partial charge in [0, 0.05) is 70.2 Å². The number of benzene rings is 2. The van der Waals surface area contributed by atoms with Gasteiger partial charge in [-0.25, -0.2) is 30.4 Å². The van der Waals surface area contributed by atoms with Crippen molar-refractivity contribution in [3.63, 3.8) is 0 Å². The van der Waals surface area contributed by atoms with Crippen LogP contribution in [0.4, 0.5) is 27.6 Å². The van der Waals surface area contributed by atoms with E-state index >= 15 is 4.39 Å². The lowest BCUT2D eigenvalue weighted by molar-refractivity contribution is -0.0220. The van der Waals surface area contributed by atoms with Gasteiger partial charge in [-0.3, -0.25) is 0 Å². The molecule has 186 valence electrons. The van der Waals surface area contributed by atoms with E-state index in [2.05, 4.69) is 0 Å². The van der Waals surface area contributed by atoms with Crippen LogP contribution < -0.4 is 4.90 Å². The highest BCUT2D eigenvalue weighted by molar-refractivity contribution is 7.92. The molecule has 0 atom stereocenters. The highest BCUT2D eigenvalue weighted by atomic mass is 32.2. The van der Waals surface area contributed by atoms with Crippen molar-refractivity contribution in [2.75, 3.05) is 37.6 Å². The largest absolute Gasteiger partial charge is 0.371 e. The summed E-state index contributed by atoms with van der Waals surface area (Å²) in [5.74, 6) is -3.97. The first kappa shape index (κ1) is 24.9. The summed E-state index contributed by atoms with van der Waals surface area (Å²) in [6.07, 6.45) is -0.647. The fourth-order valence-corrected chi connectivity index (χ4v) is 6.16. The lowest BCUT2D eigenvalue weighted by Crippen LogP contribution is -2.46. The van der Waals surface area contributed by atoms with Gasteiger partial charge in [-0.1, -0.05) is 6.07 Å². The molecule has 34 heavy (non-hydrogen) atoms. The van der Waals surface area contributed by atoms with E-state index in [4.69, 9.17) is 0 Å². The van der Waals surface area contributed by atoms with Crippen molar-refractivity contribution in [2.24, 2.45) is 0 Å². The van der Waals surface area contributed by atoms with Crippen LogP contribution in [-0.2, 0) is 16.3 Å². The third-order valence-corrected chi connectivity index (χ3v) is 9.07. The molecule has 2 aliphatic heterocycles. The van der Waals surface area contributed by atoms with E-state index in [9.17, 15) is 26.0 Å². The molecule has 0 aliphatic carbocycles.